The third kappa shape index (κ3) is 3.13. The van der Waals surface area contributed by atoms with Gasteiger partial charge in [-0.25, -0.2) is 0 Å². The summed E-state index contributed by atoms with van der Waals surface area (Å²) in [7, 11) is 0. The minimum Gasteiger partial charge on any atom is -0.467 e. The van der Waals surface area contributed by atoms with Crippen molar-refractivity contribution in [2.45, 2.75) is 26.0 Å². The average Bonchev–Trinajstić information content (AvgIpc) is 3.00. The Labute approximate surface area is 110 Å². The Bertz CT molecular complexity index is 503. The summed E-state index contributed by atoms with van der Waals surface area (Å²) in [6.07, 6.45) is 0.871. The molecular formula is C13H14N2O4. The smallest absolute Gasteiger partial charge is 0.312 e. The second-order valence-electron chi connectivity index (χ2n) is 4.46. The Kier molecular flexibility index (Phi) is 3.85. The highest BCUT2D eigenvalue weighted by molar-refractivity contribution is 5.86. The van der Waals surface area contributed by atoms with Gasteiger partial charge in [-0.05, 0) is 19.1 Å². The van der Waals surface area contributed by atoms with Crippen LogP contribution in [-0.2, 0) is 20.9 Å². The topological polar surface area (TPSA) is 83.5 Å². The van der Waals surface area contributed by atoms with Gasteiger partial charge in [0.1, 0.15) is 11.8 Å². The molecule has 0 spiro atoms. The summed E-state index contributed by atoms with van der Waals surface area (Å²) in [5.41, 5.74) is 0. The van der Waals surface area contributed by atoms with E-state index in [0.29, 0.717) is 18.8 Å². The third-order valence-corrected chi connectivity index (χ3v) is 2.95. The number of carbonyl (C=O) groups excluding carboxylic acids is 2. The summed E-state index contributed by atoms with van der Waals surface area (Å²) in [5, 5.41) is 8.58. The summed E-state index contributed by atoms with van der Waals surface area (Å²) >= 11 is 0. The molecule has 1 fully saturated rings. The molecule has 1 aromatic rings. The Balaban J connectivity index is 1.92. The summed E-state index contributed by atoms with van der Waals surface area (Å²) in [6, 6.07) is 5.34. The van der Waals surface area contributed by atoms with Gasteiger partial charge in [0.25, 0.3) is 0 Å². The quantitative estimate of drug-likeness (QED) is 0.758. The molecule has 0 N–H and O–H groups in total. The Morgan fingerprint density at radius 3 is 3.16 bits per heavy atom. The number of rotatable bonds is 4. The van der Waals surface area contributed by atoms with Crippen LogP contribution >= 0.6 is 0 Å². The van der Waals surface area contributed by atoms with Crippen molar-refractivity contribution in [3.63, 3.8) is 0 Å². The van der Waals surface area contributed by atoms with Crippen molar-refractivity contribution in [3.05, 3.63) is 24.2 Å². The van der Waals surface area contributed by atoms with Crippen LogP contribution in [0.25, 0.3) is 0 Å². The third-order valence-electron chi connectivity index (χ3n) is 2.95. The van der Waals surface area contributed by atoms with Gasteiger partial charge in [-0.1, -0.05) is 0 Å². The van der Waals surface area contributed by atoms with E-state index in [1.54, 1.807) is 17.0 Å². The van der Waals surface area contributed by atoms with Crippen molar-refractivity contribution in [3.8, 4) is 6.07 Å². The molecule has 0 aliphatic carbocycles. The first-order valence-corrected chi connectivity index (χ1v) is 6.00. The van der Waals surface area contributed by atoms with E-state index in [1.807, 2.05) is 6.07 Å². The van der Waals surface area contributed by atoms with Crippen LogP contribution < -0.4 is 0 Å². The zero-order chi connectivity index (χ0) is 13.8. The molecule has 6 heteroatoms. The molecule has 1 aromatic heterocycles. The molecule has 2 atom stereocenters. The van der Waals surface area contributed by atoms with Crippen LogP contribution in [0, 0.1) is 17.2 Å². The molecule has 0 bridgehead atoms. The van der Waals surface area contributed by atoms with Crippen LogP contribution in [0.5, 0.6) is 0 Å². The maximum Gasteiger partial charge on any atom is 0.312 e. The number of furan rings is 1. The molecule has 0 aromatic carbocycles. The normalized spacial score (nSPS) is 20.1. The lowest BCUT2D eigenvalue weighted by Crippen LogP contribution is -2.27. The van der Waals surface area contributed by atoms with Crippen LogP contribution in [-0.4, -0.2) is 29.4 Å². The lowest BCUT2D eigenvalue weighted by Gasteiger charge is -2.15. The molecule has 0 saturated carbocycles. The monoisotopic (exact) mass is 262 g/mol. The van der Waals surface area contributed by atoms with E-state index in [2.05, 4.69) is 0 Å². The van der Waals surface area contributed by atoms with Crippen LogP contribution in [0.2, 0.25) is 0 Å². The largest absolute Gasteiger partial charge is 0.467 e. The number of amides is 1. The van der Waals surface area contributed by atoms with Gasteiger partial charge in [0.15, 0.2) is 6.10 Å². The summed E-state index contributed by atoms with van der Waals surface area (Å²) in [6.45, 7) is 2.15. The maximum absolute atomic E-state index is 11.8. The fourth-order valence-electron chi connectivity index (χ4n) is 1.97. The van der Waals surface area contributed by atoms with Gasteiger partial charge in [0.05, 0.1) is 18.7 Å². The van der Waals surface area contributed by atoms with Gasteiger partial charge < -0.3 is 14.1 Å². The summed E-state index contributed by atoms with van der Waals surface area (Å²) in [5.74, 6) is -0.432. The van der Waals surface area contributed by atoms with Crippen LogP contribution in [0.1, 0.15) is 19.1 Å². The minimum atomic E-state index is -0.790. The zero-order valence-electron chi connectivity index (χ0n) is 10.5. The maximum atomic E-state index is 11.8. The van der Waals surface area contributed by atoms with Crippen molar-refractivity contribution in [1.82, 2.24) is 4.90 Å². The fourth-order valence-corrected chi connectivity index (χ4v) is 1.97. The molecule has 0 radical (unpaired) electrons. The van der Waals surface area contributed by atoms with E-state index < -0.39 is 18.0 Å². The molecule has 19 heavy (non-hydrogen) atoms. The first-order chi connectivity index (χ1) is 9.10. The minimum absolute atomic E-state index is 0.108. The first kappa shape index (κ1) is 13.1. The predicted molar refractivity (Wildman–Crippen MR) is 63.4 cm³/mol. The number of hydrogen-bond donors (Lipinski definition) is 0. The van der Waals surface area contributed by atoms with Crippen molar-refractivity contribution in [2.24, 2.45) is 5.92 Å². The Morgan fingerprint density at radius 1 is 1.74 bits per heavy atom. The average molecular weight is 262 g/mol. The van der Waals surface area contributed by atoms with Crippen LogP contribution in [0.15, 0.2) is 22.8 Å². The lowest BCUT2D eigenvalue weighted by molar-refractivity contribution is -0.150. The van der Waals surface area contributed by atoms with Crippen molar-refractivity contribution < 1.29 is 18.7 Å². The lowest BCUT2D eigenvalue weighted by atomic mass is 10.1. The molecule has 1 saturated heterocycles. The number of nitriles is 1. The molecule has 1 amide bonds. The summed E-state index contributed by atoms with van der Waals surface area (Å²) < 4.78 is 10.1. The van der Waals surface area contributed by atoms with Gasteiger partial charge in [-0.3, -0.25) is 9.59 Å². The van der Waals surface area contributed by atoms with Crippen molar-refractivity contribution >= 4 is 11.9 Å². The number of carbonyl (C=O) groups is 2. The van der Waals surface area contributed by atoms with Crippen molar-refractivity contribution in [2.75, 3.05) is 6.54 Å². The molecule has 6 nitrogen and oxygen atoms in total. The standard InChI is InChI=1S/C13H14N2O4/c1-9(6-14)19-13(17)10-5-12(16)15(7-10)8-11-3-2-4-18-11/h2-4,9-10H,5,7-8H2,1H3/t9-,10-/m1/s1. The summed E-state index contributed by atoms with van der Waals surface area (Å²) in [4.78, 5) is 25.1. The van der Waals surface area contributed by atoms with E-state index in [9.17, 15) is 9.59 Å². The number of nitrogens with zero attached hydrogens (tertiary/aromatic N) is 2. The second-order valence-corrected chi connectivity index (χ2v) is 4.46. The molecule has 2 rings (SSSR count). The molecular weight excluding hydrogens is 248 g/mol. The van der Waals surface area contributed by atoms with Crippen LogP contribution in [0.4, 0.5) is 0 Å². The number of ether oxygens (including phenoxy) is 1. The molecule has 1 aliphatic heterocycles. The Morgan fingerprint density at radius 2 is 2.53 bits per heavy atom. The Hall–Kier alpha value is -2.29. The van der Waals surface area contributed by atoms with E-state index in [4.69, 9.17) is 14.4 Å². The van der Waals surface area contributed by atoms with E-state index in [-0.39, 0.29) is 12.3 Å². The van der Waals surface area contributed by atoms with Gasteiger partial charge in [-0.15, -0.1) is 0 Å². The highest BCUT2D eigenvalue weighted by atomic mass is 16.5. The fraction of sp³-hybridized carbons (Fsp3) is 0.462. The number of likely N-dealkylation sites (tertiary alicyclic amines) is 1. The molecule has 2 heterocycles. The molecule has 0 unspecified atom stereocenters. The highest BCUT2D eigenvalue weighted by Gasteiger charge is 2.36. The van der Waals surface area contributed by atoms with E-state index in [1.165, 1.54) is 13.2 Å². The van der Waals surface area contributed by atoms with Gasteiger partial charge in [0.2, 0.25) is 5.91 Å². The van der Waals surface area contributed by atoms with Crippen molar-refractivity contribution in [1.29, 1.82) is 5.26 Å². The predicted octanol–water partition coefficient (Wildman–Crippen LogP) is 1.08. The SMILES string of the molecule is C[C@H](C#N)OC(=O)[C@@H]1CC(=O)N(Cc2ccco2)C1. The van der Waals surface area contributed by atoms with Gasteiger partial charge in [0, 0.05) is 13.0 Å². The van der Waals surface area contributed by atoms with Gasteiger partial charge >= 0.3 is 5.97 Å². The molecule has 100 valence electrons. The number of hydrogen-bond acceptors (Lipinski definition) is 5. The second kappa shape index (κ2) is 5.57. The first-order valence-electron chi connectivity index (χ1n) is 6.00. The van der Waals surface area contributed by atoms with E-state index in [0.717, 1.165) is 0 Å². The molecule has 1 aliphatic rings. The zero-order valence-corrected chi connectivity index (χ0v) is 10.5. The van der Waals surface area contributed by atoms with Gasteiger partial charge in [-0.2, -0.15) is 5.26 Å². The number of esters is 1. The van der Waals surface area contributed by atoms with Crippen LogP contribution in [0.3, 0.4) is 0 Å². The highest BCUT2D eigenvalue weighted by Crippen LogP contribution is 2.21. The van der Waals surface area contributed by atoms with E-state index >= 15 is 0 Å².